The first-order valence-corrected chi connectivity index (χ1v) is 5.03. The Bertz CT molecular complexity index is 420. The maximum atomic E-state index is 10.7. The lowest BCUT2D eigenvalue weighted by molar-refractivity contribution is -0.137. The van der Waals surface area contributed by atoms with Gasteiger partial charge in [0.25, 0.3) is 0 Å². The molecule has 1 N–H and O–H groups in total. The fourth-order valence-electron chi connectivity index (χ4n) is 1.75. The lowest BCUT2D eigenvalue weighted by Gasteiger charge is -2.14. The van der Waals surface area contributed by atoms with Gasteiger partial charge in [0.05, 0.1) is 0 Å². The van der Waals surface area contributed by atoms with Gasteiger partial charge in [-0.2, -0.15) is 0 Å². The van der Waals surface area contributed by atoms with Crippen molar-refractivity contribution in [3.8, 4) is 0 Å². The zero-order valence-corrected chi connectivity index (χ0v) is 8.90. The zero-order valence-electron chi connectivity index (χ0n) is 8.90. The molecule has 0 radical (unpaired) electrons. The smallest absolute Gasteiger partial charge is 0.314 e. The molecule has 0 aliphatic heterocycles. The third-order valence-electron chi connectivity index (χ3n) is 2.61. The number of carboxylic acids is 1. The van der Waals surface area contributed by atoms with E-state index in [-0.39, 0.29) is 11.3 Å². The molecule has 78 valence electrons. The molecule has 0 heterocycles. The van der Waals surface area contributed by atoms with Crippen molar-refractivity contribution < 1.29 is 9.90 Å². The van der Waals surface area contributed by atoms with Crippen molar-refractivity contribution in [2.45, 2.75) is 13.8 Å². The van der Waals surface area contributed by atoms with Gasteiger partial charge in [-0.15, -0.1) is 0 Å². The van der Waals surface area contributed by atoms with E-state index >= 15 is 0 Å². The average molecular weight is 202 g/mol. The van der Waals surface area contributed by atoms with Crippen LogP contribution in [0.5, 0.6) is 0 Å². The first-order valence-electron chi connectivity index (χ1n) is 5.03. The van der Waals surface area contributed by atoms with Crippen LogP contribution in [-0.2, 0) is 4.79 Å². The van der Waals surface area contributed by atoms with Crippen LogP contribution >= 0.6 is 0 Å². The van der Waals surface area contributed by atoms with E-state index in [0.717, 1.165) is 11.1 Å². The monoisotopic (exact) mass is 202 g/mol. The third kappa shape index (κ3) is 2.09. The lowest BCUT2D eigenvalue weighted by atomic mass is 9.90. The molecule has 2 nitrogen and oxygen atoms in total. The summed E-state index contributed by atoms with van der Waals surface area (Å²) >= 11 is 0. The Labute approximate surface area is 89.3 Å². The van der Waals surface area contributed by atoms with Crippen LogP contribution in [0.1, 0.15) is 13.8 Å². The second-order valence-electron chi connectivity index (χ2n) is 4.58. The zero-order chi connectivity index (χ0) is 11.1. The molecule has 0 aromatic heterocycles. The Balaban J connectivity index is 2.21. The van der Waals surface area contributed by atoms with E-state index in [9.17, 15) is 4.79 Å². The molecule has 15 heavy (non-hydrogen) atoms. The van der Waals surface area contributed by atoms with Crippen LogP contribution in [-0.4, -0.2) is 11.1 Å². The molecule has 0 bridgehead atoms. The Morgan fingerprint density at radius 1 is 1.40 bits per heavy atom. The topological polar surface area (TPSA) is 37.3 Å². The summed E-state index contributed by atoms with van der Waals surface area (Å²) in [4.78, 5) is 10.7. The van der Waals surface area contributed by atoms with Gasteiger partial charge in [-0.1, -0.05) is 50.3 Å². The molecule has 0 aromatic rings. The second kappa shape index (κ2) is 3.23. The summed E-state index contributed by atoms with van der Waals surface area (Å²) in [7, 11) is 0. The average Bonchev–Trinajstić information content (AvgIpc) is 2.87. The van der Waals surface area contributed by atoms with Crippen molar-refractivity contribution in [2.24, 2.45) is 11.3 Å². The standard InChI is InChI=1S/C13H14O2/c1-13(2)6-4-3-5-9(8-13)10-7-11(10)12(14)15/h3-8,11H,1-2H3,(H,14,15). The van der Waals surface area contributed by atoms with Crippen LogP contribution in [0.15, 0.2) is 47.6 Å². The number of allylic oxidation sites excluding steroid dienone is 6. The van der Waals surface area contributed by atoms with Gasteiger partial charge in [0, 0.05) is 5.41 Å². The first kappa shape index (κ1) is 9.97. The van der Waals surface area contributed by atoms with Crippen LogP contribution < -0.4 is 0 Å². The molecular weight excluding hydrogens is 188 g/mol. The minimum atomic E-state index is -0.755. The van der Waals surface area contributed by atoms with Crippen molar-refractivity contribution in [1.29, 1.82) is 0 Å². The summed E-state index contributed by atoms with van der Waals surface area (Å²) in [6.07, 6.45) is 11.9. The summed E-state index contributed by atoms with van der Waals surface area (Å²) in [5.74, 6) is -1.12. The Hall–Kier alpha value is -1.57. The van der Waals surface area contributed by atoms with Gasteiger partial charge in [0.2, 0.25) is 0 Å². The van der Waals surface area contributed by atoms with Crippen LogP contribution in [0.3, 0.4) is 0 Å². The minimum absolute atomic E-state index is 0.00861. The van der Waals surface area contributed by atoms with E-state index in [2.05, 4.69) is 26.0 Å². The molecule has 0 spiro atoms. The minimum Gasteiger partial charge on any atom is -0.481 e. The third-order valence-corrected chi connectivity index (χ3v) is 2.61. The van der Waals surface area contributed by atoms with E-state index in [0.29, 0.717) is 0 Å². The predicted octanol–water partition coefficient (Wildman–Crippen LogP) is 2.71. The quantitative estimate of drug-likeness (QED) is 0.747. The molecule has 2 aliphatic rings. The first-order chi connectivity index (χ1) is 6.99. The number of aliphatic carboxylic acids is 1. The lowest BCUT2D eigenvalue weighted by Crippen LogP contribution is -2.04. The maximum absolute atomic E-state index is 10.7. The summed E-state index contributed by atoms with van der Waals surface area (Å²) in [6, 6.07) is 0. The molecule has 1 unspecified atom stereocenters. The van der Waals surface area contributed by atoms with Crippen LogP contribution in [0, 0.1) is 11.3 Å². The van der Waals surface area contributed by atoms with E-state index < -0.39 is 5.97 Å². The number of carbonyl (C=O) groups is 1. The number of carboxylic acid groups (broad SMARTS) is 1. The summed E-state index contributed by atoms with van der Waals surface area (Å²) in [6.45, 7) is 4.21. The highest BCUT2D eigenvalue weighted by Gasteiger charge is 2.34. The molecule has 0 amide bonds. The van der Waals surface area contributed by atoms with Gasteiger partial charge >= 0.3 is 5.97 Å². The van der Waals surface area contributed by atoms with Gasteiger partial charge in [-0.05, 0) is 11.1 Å². The summed E-state index contributed by atoms with van der Waals surface area (Å²) < 4.78 is 0. The van der Waals surface area contributed by atoms with Gasteiger partial charge in [-0.3, -0.25) is 4.79 Å². The Morgan fingerprint density at radius 2 is 2.13 bits per heavy atom. The fraction of sp³-hybridized carbons (Fsp3) is 0.308. The van der Waals surface area contributed by atoms with Gasteiger partial charge in [-0.25, -0.2) is 0 Å². The molecule has 2 aliphatic carbocycles. The number of rotatable bonds is 2. The largest absolute Gasteiger partial charge is 0.481 e. The maximum Gasteiger partial charge on any atom is 0.314 e. The number of hydrogen-bond acceptors (Lipinski definition) is 1. The summed E-state index contributed by atoms with van der Waals surface area (Å²) in [5.41, 5.74) is 1.97. The Morgan fingerprint density at radius 3 is 2.73 bits per heavy atom. The molecule has 0 saturated heterocycles. The van der Waals surface area contributed by atoms with Gasteiger partial charge < -0.3 is 5.11 Å². The highest BCUT2D eigenvalue weighted by atomic mass is 16.4. The predicted molar refractivity (Wildman–Crippen MR) is 59.4 cm³/mol. The highest BCUT2D eigenvalue weighted by molar-refractivity contribution is 5.84. The molecule has 1 atom stereocenters. The normalized spacial score (nSPS) is 26.7. The molecule has 2 rings (SSSR count). The second-order valence-corrected chi connectivity index (χ2v) is 4.58. The van der Waals surface area contributed by atoms with Crippen LogP contribution in [0.25, 0.3) is 0 Å². The molecule has 0 fully saturated rings. The SMILES string of the molecule is CC1(C)C=CC=CC(C2=CC2C(=O)O)=C1. The van der Waals surface area contributed by atoms with E-state index in [1.165, 1.54) is 0 Å². The van der Waals surface area contributed by atoms with Crippen molar-refractivity contribution in [1.82, 2.24) is 0 Å². The van der Waals surface area contributed by atoms with E-state index in [1.807, 2.05) is 18.2 Å². The van der Waals surface area contributed by atoms with E-state index in [4.69, 9.17) is 5.11 Å². The number of hydrogen-bond donors (Lipinski definition) is 1. The molecule has 0 aromatic carbocycles. The van der Waals surface area contributed by atoms with Crippen molar-refractivity contribution in [2.75, 3.05) is 0 Å². The van der Waals surface area contributed by atoms with Crippen molar-refractivity contribution in [3.05, 3.63) is 47.6 Å². The van der Waals surface area contributed by atoms with Gasteiger partial charge in [0.15, 0.2) is 0 Å². The molecule has 0 saturated carbocycles. The molecule has 2 heteroatoms. The van der Waals surface area contributed by atoms with Crippen molar-refractivity contribution >= 4 is 5.97 Å². The molecular formula is C13H14O2. The highest BCUT2D eigenvalue weighted by Crippen LogP contribution is 2.39. The van der Waals surface area contributed by atoms with Crippen molar-refractivity contribution in [3.63, 3.8) is 0 Å². The summed E-state index contributed by atoms with van der Waals surface area (Å²) in [5, 5.41) is 8.84. The Kier molecular flexibility index (Phi) is 2.14. The van der Waals surface area contributed by atoms with Gasteiger partial charge in [0.1, 0.15) is 5.92 Å². The van der Waals surface area contributed by atoms with Crippen LogP contribution in [0.4, 0.5) is 0 Å². The fourth-order valence-corrected chi connectivity index (χ4v) is 1.75. The van der Waals surface area contributed by atoms with E-state index in [1.54, 1.807) is 6.08 Å². The van der Waals surface area contributed by atoms with Crippen LogP contribution in [0.2, 0.25) is 0 Å².